The zero-order valence-corrected chi connectivity index (χ0v) is 20.8. The van der Waals surface area contributed by atoms with Crippen molar-refractivity contribution in [3.8, 4) is 11.4 Å². The summed E-state index contributed by atoms with van der Waals surface area (Å²) in [6, 6.07) is 11.6. The van der Waals surface area contributed by atoms with Crippen LogP contribution in [-0.4, -0.2) is 64.0 Å². The Kier molecular flexibility index (Phi) is 8.13. The summed E-state index contributed by atoms with van der Waals surface area (Å²) in [4.78, 5) is 28.2. The second-order valence-electron chi connectivity index (χ2n) is 9.26. The summed E-state index contributed by atoms with van der Waals surface area (Å²) in [6.45, 7) is 7.72. The molecule has 198 valence electrons. The average molecular weight is 518 g/mol. The molecule has 37 heavy (non-hydrogen) atoms. The number of carbonyl (C=O) groups is 1. The highest BCUT2D eigenvalue weighted by atomic mass is 19.4. The van der Waals surface area contributed by atoms with Gasteiger partial charge in [0.2, 0.25) is 5.91 Å². The Morgan fingerprint density at radius 3 is 2.43 bits per heavy atom. The highest BCUT2D eigenvalue weighted by Crippen LogP contribution is 2.30. The summed E-state index contributed by atoms with van der Waals surface area (Å²) in [5.41, 5.74) is -0.0337. The van der Waals surface area contributed by atoms with Crippen molar-refractivity contribution in [3.05, 3.63) is 76.0 Å². The zero-order chi connectivity index (χ0) is 26.6. The molecule has 0 spiro atoms. The quantitative estimate of drug-likeness (QED) is 0.497. The summed E-state index contributed by atoms with van der Waals surface area (Å²) in [5, 5.41) is 7.07. The minimum Gasteiger partial charge on any atom is -0.379 e. The molecule has 4 rings (SSSR count). The van der Waals surface area contributed by atoms with E-state index in [9.17, 15) is 22.8 Å². The molecule has 2 aromatic carbocycles. The summed E-state index contributed by atoms with van der Waals surface area (Å²) in [5.74, 6) is -0.349. The van der Waals surface area contributed by atoms with Gasteiger partial charge in [-0.25, -0.2) is 9.36 Å². The maximum absolute atomic E-state index is 13.4. The first-order valence-corrected chi connectivity index (χ1v) is 12.2. The molecule has 1 aromatic heterocycles. The van der Waals surface area contributed by atoms with Crippen molar-refractivity contribution >= 4 is 5.91 Å². The van der Waals surface area contributed by atoms with E-state index < -0.39 is 17.4 Å². The number of alkyl halides is 3. The van der Waals surface area contributed by atoms with Gasteiger partial charge in [0.25, 0.3) is 0 Å². The Balaban J connectivity index is 1.65. The second-order valence-corrected chi connectivity index (χ2v) is 9.26. The minimum absolute atomic E-state index is 0.0134. The summed E-state index contributed by atoms with van der Waals surface area (Å²) < 4.78 is 47.6. The molecular weight excluding hydrogens is 487 g/mol. The van der Waals surface area contributed by atoms with Crippen molar-refractivity contribution in [2.24, 2.45) is 0 Å². The predicted molar refractivity (Wildman–Crippen MR) is 132 cm³/mol. The topological polar surface area (TPSA) is 81.4 Å². The SMILES string of the molecule is CC(C)NC(=O)Cc1nn(-c2ccc(CCN3CCOCC3)cc2)c(=O)n1-c1cccc(C(F)(F)F)c1. The van der Waals surface area contributed by atoms with Crippen LogP contribution in [0.1, 0.15) is 30.8 Å². The lowest BCUT2D eigenvalue weighted by Crippen LogP contribution is -2.37. The molecule has 1 saturated heterocycles. The molecule has 8 nitrogen and oxygen atoms in total. The number of hydrogen-bond acceptors (Lipinski definition) is 5. The predicted octanol–water partition coefficient (Wildman–Crippen LogP) is 2.98. The fourth-order valence-corrected chi connectivity index (χ4v) is 4.20. The molecule has 0 saturated carbocycles. The lowest BCUT2D eigenvalue weighted by molar-refractivity contribution is -0.137. The van der Waals surface area contributed by atoms with Crippen LogP contribution in [0.3, 0.4) is 0 Å². The van der Waals surface area contributed by atoms with E-state index in [4.69, 9.17) is 4.74 Å². The Morgan fingerprint density at radius 2 is 1.78 bits per heavy atom. The third-order valence-electron chi connectivity index (χ3n) is 6.05. The van der Waals surface area contributed by atoms with Gasteiger partial charge in [-0.3, -0.25) is 9.69 Å². The fourth-order valence-electron chi connectivity index (χ4n) is 4.20. The number of aromatic nitrogens is 3. The highest BCUT2D eigenvalue weighted by Gasteiger charge is 2.31. The maximum Gasteiger partial charge on any atom is 0.416 e. The minimum atomic E-state index is -4.58. The summed E-state index contributed by atoms with van der Waals surface area (Å²) in [6.07, 6.45) is -4.02. The van der Waals surface area contributed by atoms with Crippen LogP contribution in [0.2, 0.25) is 0 Å². The molecular formula is C26H30F3N5O3. The largest absolute Gasteiger partial charge is 0.416 e. The van der Waals surface area contributed by atoms with Crippen LogP contribution in [0, 0.1) is 0 Å². The van der Waals surface area contributed by atoms with E-state index in [0.717, 1.165) is 66.2 Å². The molecule has 11 heteroatoms. The van der Waals surface area contributed by atoms with Crippen molar-refractivity contribution < 1.29 is 22.7 Å². The first-order valence-electron chi connectivity index (χ1n) is 12.2. The lowest BCUT2D eigenvalue weighted by atomic mass is 10.1. The highest BCUT2D eigenvalue weighted by molar-refractivity contribution is 5.78. The Hall–Kier alpha value is -3.44. The number of halogens is 3. The molecule has 0 bridgehead atoms. The normalized spacial score (nSPS) is 14.8. The van der Waals surface area contributed by atoms with E-state index in [1.54, 1.807) is 26.0 Å². The van der Waals surface area contributed by atoms with Gasteiger partial charge in [-0.15, -0.1) is 5.10 Å². The first-order chi connectivity index (χ1) is 17.6. The van der Waals surface area contributed by atoms with Gasteiger partial charge >= 0.3 is 11.9 Å². The molecule has 0 atom stereocenters. The van der Waals surface area contributed by atoms with Crippen LogP contribution in [0.15, 0.2) is 53.3 Å². The standard InChI is InChI=1S/C26H30F3N5O3/c1-18(2)30-24(35)17-23-31-34(25(36)33(23)22-5-3-4-20(16-22)26(27,28)29)21-8-6-19(7-9-21)10-11-32-12-14-37-15-13-32/h3-9,16,18H,10-15,17H2,1-2H3,(H,30,35). The number of nitrogens with zero attached hydrogens (tertiary/aromatic N) is 4. The third-order valence-corrected chi connectivity index (χ3v) is 6.05. The van der Waals surface area contributed by atoms with Crippen molar-refractivity contribution in [3.63, 3.8) is 0 Å². The van der Waals surface area contributed by atoms with Crippen molar-refractivity contribution in [2.75, 3.05) is 32.8 Å². The molecule has 1 aliphatic heterocycles. The molecule has 1 aliphatic rings. The molecule has 0 unspecified atom stereocenters. The van der Waals surface area contributed by atoms with Crippen LogP contribution in [0.25, 0.3) is 11.4 Å². The van der Waals surface area contributed by atoms with Crippen LogP contribution in [0.4, 0.5) is 13.2 Å². The third kappa shape index (κ3) is 6.66. The second kappa shape index (κ2) is 11.3. The van der Waals surface area contributed by atoms with E-state index in [-0.39, 0.29) is 29.9 Å². The average Bonchev–Trinajstić information content (AvgIpc) is 3.18. The van der Waals surface area contributed by atoms with Gasteiger partial charge in [0.15, 0.2) is 0 Å². The van der Waals surface area contributed by atoms with Crippen molar-refractivity contribution in [1.29, 1.82) is 0 Å². The lowest BCUT2D eigenvalue weighted by Gasteiger charge is -2.26. The molecule has 0 aliphatic carbocycles. The van der Waals surface area contributed by atoms with Crippen LogP contribution in [0.5, 0.6) is 0 Å². The van der Waals surface area contributed by atoms with Crippen LogP contribution < -0.4 is 11.0 Å². The Morgan fingerprint density at radius 1 is 1.08 bits per heavy atom. The zero-order valence-electron chi connectivity index (χ0n) is 20.8. The van der Waals surface area contributed by atoms with Gasteiger partial charge in [0.05, 0.1) is 36.6 Å². The molecule has 2 heterocycles. The van der Waals surface area contributed by atoms with Crippen LogP contribution >= 0.6 is 0 Å². The number of benzene rings is 2. The molecule has 0 radical (unpaired) electrons. The molecule has 1 fully saturated rings. The van der Waals surface area contributed by atoms with Gasteiger partial charge in [0.1, 0.15) is 5.82 Å². The molecule has 1 N–H and O–H groups in total. The Bertz CT molecular complexity index is 1280. The number of carbonyl (C=O) groups excluding carboxylic acids is 1. The van der Waals surface area contributed by atoms with E-state index in [1.807, 2.05) is 12.1 Å². The van der Waals surface area contributed by atoms with Gasteiger partial charge in [-0.05, 0) is 56.2 Å². The number of ether oxygens (including phenoxy) is 1. The number of hydrogen-bond donors (Lipinski definition) is 1. The van der Waals surface area contributed by atoms with Crippen LogP contribution in [-0.2, 0) is 28.5 Å². The van der Waals surface area contributed by atoms with E-state index in [0.29, 0.717) is 5.69 Å². The van der Waals surface area contributed by atoms with E-state index in [2.05, 4.69) is 15.3 Å². The van der Waals surface area contributed by atoms with E-state index >= 15 is 0 Å². The number of amides is 1. The number of nitrogens with one attached hydrogen (secondary N) is 1. The van der Waals surface area contributed by atoms with Gasteiger partial charge in [0, 0.05) is 25.7 Å². The number of rotatable bonds is 8. The Labute approximate surface area is 212 Å². The summed E-state index contributed by atoms with van der Waals surface area (Å²) in [7, 11) is 0. The monoisotopic (exact) mass is 517 g/mol. The van der Waals surface area contributed by atoms with Gasteiger partial charge < -0.3 is 10.1 Å². The smallest absolute Gasteiger partial charge is 0.379 e. The first kappa shape index (κ1) is 26.6. The summed E-state index contributed by atoms with van der Waals surface area (Å²) >= 11 is 0. The fraction of sp³-hybridized carbons (Fsp3) is 0.423. The van der Waals surface area contributed by atoms with Gasteiger partial charge in [-0.2, -0.15) is 17.9 Å². The van der Waals surface area contributed by atoms with Crippen molar-refractivity contribution in [2.45, 2.75) is 38.9 Å². The maximum atomic E-state index is 13.4. The molecule has 3 aromatic rings. The molecule has 1 amide bonds. The van der Waals surface area contributed by atoms with Gasteiger partial charge in [-0.1, -0.05) is 18.2 Å². The van der Waals surface area contributed by atoms with Crippen molar-refractivity contribution in [1.82, 2.24) is 24.6 Å². The number of morpholine rings is 1. The van der Waals surface area contributed by atoms with E-state index in [1.165, 1.54) is 12.1 Å².